The zero-order chi connectivity index (χ0) is 15.8. The third-order valence-electron chi connectivity index (χ3n) is 6.00. The minimum absolute atomic E-state index is 0.0965. The Hall–Kier alpha value is -1.77. The number of aryl methyl sites for hydroxylation is 1. The number of carbonyl (C=O) groups is 1. The van der Waals surface area contributed by atoms with E-state index in [1.807, 2.05) is 31.2 Å². The van der Waals surface area contributed by atoms with Gasteiger partial charge in [-0.25, -0.2) is 0 Å². The lowest BCUT2D eigenvalue weighted by atomic mass is 9.69. The van der Waals surface area contributed by atoms with Crippen LogP contribution in [0.4, 0.5) is 0 Å². The van der Waals surface area contributed by atoms with Crippen molar-refractivity contribution < 1.29 is 4.79 Å². The average Bonchev–Trinajstić information content (AvgIpc) is 2.90. The van der Waals surface area contributed by atoms with Gasteiger partial charge in [-0.1, -0.05) is 43.9 Å². The normalized spacial score (nSPS) is 27.6. The van der Waals surface area contributed by atoms with Gasteiger partial charge in [0.05, 0.1) is 5.56 Å². The number of nitrogens with one attached hydrogen (secondary N) is 2. The lowest BCUT2D eigenvalue weighted by Crippen LogP contribution is -2.41. The Balaban J connectivity index is 1.50. The minimum atomic E-state index is 0.0965. The van der Waals surface area contributed by atoms with E-state index in [-0.39, 0.29) is 5.91 Å². The van der Waals surface area contributed by atoms with E-state index in [0.29, 0.717) is 6.04 Å². The summed E-state index contributed by atoms with van der Waals surface area (Å²) >= 11 is 0. The summed E-state index contributed by atoms with van der Waals surface area (Å²) in [6.07, 6.45) is 9.18. The first-order valence-electron chi connectivity index (χ1n) is 9.10. The summed E-state index contributed by atoms with van der Waals surface area (Å²) in [5.41, 5.74) is 2.84. The molecule has 1 amide bonds. The first-order chi connectivity index (χ1) is 11.2. The van der Waals surface area contributed by atoms with Crippen LogP contribution in [-0.4, -0.2) is 16.9 Å². The highest BCUT2D eigenvalue weighted by Crippen LogP contribution is 2.40. The lowest BCUT2D eigenvalue weighted by Gasteiger charge is -2.39. The fourth-order valence-electron chi connectivity index (χ4n) is 4.83. The highest BCUT2D eigenvalue weighted by Gasteiger charge is 2.33. The Morgan fingerprint density at radius 3 is 2.74 bits per heavy atom. The van der Waals surface area contributed by atoms with Crippen molar-refractivity contribution in [2.75, 3.05) is 0 Å². The smallest absolute Gasteiger partial charge is 0.253 e. The standard InChI is InChI=1S/C20H26N2O/c1-13-19(17-8-4-5-9-18(17)21-13)20(23)22-16-11-10-14-6-2-3-7-15(14)12-16/h4-5,8-9,14-16,21H,2-3,6-7,10-12H2,1H3,(H,22,23). The molecule has 1 aromatic heterocycles. The fraction of sp³-hybridized carbons (Fsp3) is 0.550. The highest BCUT2D eigenvalue weighted by atomic mass is 16.1. The minimum Gasteiger partial charge on any atom is -0.358 e. The molecule has 1 heterocycles. The molecule has 0 saturated heterocycles. The van der Waals surface area contributed by atoms with E-state index in [1.165, 1.54) is 38.5 Å². The van der Waals surface area contributed by atoms with Gasteiger partial charge < -0.3 is 10.3 Å². The molecule has 2 aliphatic rings. The van der Waals surface area contributed by atoms with Gasteiger partial charge in [0.2, 0.25) is 0 Å². The third-order valence-corrected chi connectivity index (χ3v) is 6.00. The molecule has 0 bridgehead atoms. The van der Waals surface area contributed by atoms with E-state index in [4.69, 9.17) is 0 Å². The predicted octanol–water partition coefficient (Wildman–Crippen LogP) is 4.57. The number of aromatic amines is 1. The summed E-state index contributed by atoms with van der Waals surface area (Å²) in [6, 6.07) is 8.43. The molecule has 3 atom stereocenters. The summed E-state index contributed by atoms with van der Waals surface area (Å²) in [6.45, 7) is 1.99. The van der Waals surface area contributed by atoms with Crippen molar-refractivity contribution in [2.24, 2.45) is 11.8 Å². The Bertz CT molecular complexity index is 718. The maximum atomic E-state index is 12.8. The van der Waals surface area contributed by atoms with Gasteiger partial charge in [0.1, 0.15) is 0 Å². The van der Waals surface area contributed by atoms with Crippen molar-refractivity contribution in [3.63, 3.8) is 0 Å². The van der Waals surface area contributed by atoms with E-state index in [9.17, 15) is 4.79 Å². The summed E-state index contributed by atoms with van der Waals surface area (Å²) < 4.78 is 0. The van der Waals surface area contributed by atoms with Crippen LogP contribution in [0.25, 0.3) is 10.9 Å². The van der Waals surface area contributed by atoms with E-state index in [2.05, 4.69) is 10.3 Å². The maximum absolute atomic E-state index is 12.8. The number of hydrogen-bond donors (Lipinski definition) is 2. The van der Waals surface area contributed by atoms with Crippen LogP contribution in [0.15, 0.2) is 24.3 Å². The van der Waals surface area contributed by atoms with Crippen LogP contribution in [-0.2, 0) is 0 Å². The topological polar surface area (TPSA) is 44.9 Å². The van der Waals surface area contributed by atoms with E-state index in [0.717, 1.165) is 40.4 Å². The Labute approximate surface area is 137 Å². The Morgan fingerprint density at radius 2 is 1.87 bits per heavy atom. The molecule has 3 unspecified atom stereocenters. The molecule has 0 radical (unpaired) electrons. The molecule has 122 valence electrons. The molecule has 0 aliphatic heterocycles. The van der Waals surface area contributed by atoms with Crippen molar-refractivity contribution >= 4 is 16.8 Å². The Kier molecular flexibility index (Phi) is 3.88. The monoisotopic (exact) mass is 310 g/mol. The summed E-state index contributed by atoms with van der Waals surface area (Å²) in [4.78, 5) is 16.2. The molecule has 2 fully saturated rings. The van der Waals surface area contributed by atoms with Gasteiger partial charge >= 0.3 is 0 Å². The van der Waals surface area contributed by atoms with Gasteiger partial charge in [-0.15, -0.1) is 0 Å². The van der Waals surface area contributed by atoms with Crippen LogP contribution >= 0.6 is 0 Å². The number of para-hydroxylation sites is 1. The van der Waals surface area contributed by atoms with Crippen LogP contribution in [0.5, 0.6) is 0 Å². The SMILES string of the molecule is Cc1[nH]c2ccccc2c1C(=O)NC1CCC2CCCCC2C1. The summed E-state index contributed by atoms with van der Waals surface area (Å²) in [7, 11) is 0. The first kappa shape index (κ1) is 14.8. The fourth-order valence-corrected chi connectivity index (χ4v) is 4.83. The molecule has 1 aromatic carbocycles. The number of hydrogen-bond acceptors (Lipinski definition) is 1. The van der Waals surface area contributed by atoms with Crippen LogP contribution in [0.2, 0.25) is 0 Å². The molecule has 3 heteroatoms. The van der Waals surface area contributed by atoms with Gasteiger partial charge in [-0.2, -0.15) is 0 Å². The number of carbonyl (C=O) groups excluding carboxylic acids is 1. The van der Waals surface area contributed by atoms with Crippen LogP contribution in [0.1, 0.15) is 61.0 Å². The van der Waals surface area contributed by atoms with Crippen molar-refractivity contribution in [3.8, 4) is 0 Å². The number of aromatic nitrogens is 1. The van der Waals surface area contributed by atoms with Crippen LogP contribution < -0.4 is 5.32 Å². The lowest BCUT2D eigenvalue weighted by molar-refractivity contribution is 0.0880. The quantitative estimate of drug-likeness (QED) is 0.839. The number of rotatable bonds is 2. The molecule has 2 aromatic rings. The molecule has 2 N–H and O–H groups in total. The largest absolute Gasteiger partial charge is 0.358 e. The maximum Gasteiger partial charge on any atom is 0.253 e. The van der Waals surface area contributed by atoms with Crippen molar-refractivity contribution in [1.82, 2.24) is 10.3 Å². The highest BCUT2D eigenvalue weighted by molar-refractivity contribution is 6.08. The summed E-state index contributed by atoms with van der Waals surface area (Å²) in [5, 5.41) is 4.36. The van der Waals surface area contributed by atoms with E-state index < -0.39 is 0 Å². The first-order valence-corrected chi connectivity index (χ1v) is 9.10. The molecule has 0 spiro atoms. The number of benzene rings is 1. The second-order valence-electron chi connectivity index (χ2n) is 7.46. The molecule has 4 rings (SSSR count). The van der Waals surface area contributed by atoms with E-state index >= 15 is 0 Å². The number of amides is 1. The molecule has 2 aliphatic carbocycles. The van der Waals surface area contributed by atoms with Crippen LogP contribution in [0.3, 0.4) is 0 Å². The van der Waals surface area contributed by atoms with Crippen molar-refractivity contribution in [2.45, 2.75) is 57.9 Å². The number of fused-ring (bicyclic) bond motifs is 2. The predicted molar refractivity (Wildman–Crippen MR) is 93.6 cm³/mol. The van der Waals surface area contributed by atoms with Gasteiger partial charge in [0, 0.05) is 22.6 Å². The summed E-state index contributed by atoms with van der Waals surface area (Å²) in [5.74, 6) is 1.86. The second-order valence-corrected chi connectivity index (χ2v) is 7.46. The van der Waals surface area contributed by atoms with Gasteiger partial charge in [0.15, 0.2) is 0 Å². The van der Waals surface area contributed by atoms with Crippen molar-refractivity contribution in [3.05, 3.63) is 35.5 Å². The van der Waals surface area contributed by atoms with E-state index in [1.54, 1.807) is 0 Å². The second kappa shape index (κ2) is 6.03. The number of H-pyrrole nitrogens is 1. The zero-order valence-electron chi connectivity index (χ0n) is 13.9. The molecular formula is C20H26N2O. The molecule has 23 heavy (non-hydrogen) atoms. The van der Waals surface area contributed by atoms with Gasteiger partial charge in [0.25, 0.3) is 5.91 Å². The average molecular weight is 310 g/mol. The zero-order valence-corrected chi connectivity index (χ0v) is 13.9. The molecule has 2 saturated carbocycles. The Morgan fingerprint density at radius 1 is 1.09 bits per heavy atom. The molecule has 3 nitrogen and oxygen atoms in total. The van der Waals surface area contributed by atoms with Crippen molar-refractivity contribution in [1.29, 1.82) is 0 Å². The van der Waals surface area contributed by atoms with Crippen LogP contribution in [0, 0.1) is 18.8 Å². The van der Waals surface area contributed by atoms with Gasteiger partial charge in [-0.3, -0.25) is 4.79 Å². The third kappa shape index (κ3) is 2.77. The van der Waals surface area contributed by atoms with Gasteiger partial charge in [-0.05, 0) is 44.1 Å². The molecular weight excluding hydrogens is 284 g/mol.